The van der Waals surface area contributed by atoms with Crippen molar-refractivity contribution in [2.75, 3.05) is 6.61 Å². The van der Waals surface area contributed by atoms with Crippen LogP contribution in [0.25, 0.3) is 0 Å². The molecule has 15 heavy (non-hydrogen) atoms. The van der Waals surface area contributed by atoms with Crippen LogP contribution < -0.4 is 0 Å². The Labute approximate surface area is 93.4 Å². The van der Waals surface area contributed by atoms with Crippen molar-refractivity contribution in [2.24, 2.45) is 7.05 Å². The van der Waals surface area contributed by atoms with Crippen molar-refractivity contribution >= 4 is 0 Å². The summed E-state index contributed by atoms with van der Waals surface area (Å²) in [6.07, 6.45) is 1.03. The molecular formula is C12H24N2O. The van der Waals surface area contributed by atoms with Gasteiger partial charge in [-0.1, -0.05) is 20.8 Å². The normalized spacial score (nSPS) is 9.73. The van der Waals surface area contributed by atoms with Gasteiger partial charge in [-0.15, -0.1) is 0 Å². The van der Waals surface area contributed by atoms with Crippen LogP contribution in [0.2, 0.25) is 0 Å². The Hall–Kier alpha value is -0.830. The fraction of sp³-hybridized carbons (Fsp3) is 0.750. The Balaban J connectivity index is 0.000000921. The van der Waals surface area contributed by atoms with Gasteiger partial charge in [-0.2, -0.15) is 5.10 Å². The Morgan fingerprint density at radius 3 is 2.33 bits per heavy atom. The van der Waals surface area contributed by atoms with Gasteiger partial charge in [-0.05, 0) is 25.8 Å². The van der Waals surface area contributed by atoms with Gasteiger partial charge in [-0.25, -0.2) is 0 Å². The Morgan fingerprint density at radius 1 is 1.27 bits per heavy atom. The van der Waals surface area contributed by atoms with Gasteiger partial charge in [0.2, 0.25) is 0 Å². The van der Waals surface area contributed by atoms with E-state index < -0.39 is 0 Å². The fourth-order valence-corrected chi connectivity index (χ4v) is 1.50. The predicted molar refractivity (Wildman–Crippen MR) is 64.0 cm³/mol. The largest absolute Gasteiger partial charge is 0.375 e. The molecule has 0 radical (unpaired) electrons. The van der Waals surface area contributed by atoms with Crippen LogP contribution in [-0.4, -0.2) is 16.4 Å². The van der Waals surface area contributed by atoms with E-state index in [0.29, 0.717) is 6.61 Å². The third-order valence-corrected chi connectivity index (χ3v) is 2.34. The smallest absolute Gasteiger partial charge is 0.0916 e. The molecule has 0 saturated heterocycles. The second-order valence-electron chi connectivity index (χ2n) is 3.12. The van der Waals surface area contributed by atoms with Crippen LogP contribution >= 0.6 is 0 Å². The van der Waals surface area contributed by atoms with Gasteiger partial charge in [0.1, 0.15) is 0 Å². The minimum atomic E-state index is 0.640. The lowest BCUT2D eigenvalue weighted by atomic mass is 10.1. The maximum Gasteiger partial charge on any atom is 0.0916 e. The number of aryl methyl sites for hydroxylation is 1. The van der Waals surface area contributed by atoms with Crippen molar-refractivity contribution in [1.29, 1.82) is 0 Å². The first-order valence-electron chi connectivity index (χ1n) is 5.79. The van der Waals surface area contributed by atoms with E-state index in [2.05, 4.69) is 18.9 Å². The second kappa shape index (κ2) is 7.46. The lowest BCUT2D eigenvalue weighted by Crippen LogP contribution is -1.96. The standard InChI is InChI=1S/C10H18N2O.C2H6/c1-5-9-8(3)12(4)11-10(9)7-13-6-2;1-2/h5-7H2,1-4H3;1-2H3. The molecule has 1 heterocycles. The maximum absolute atomic E-state index is 5.35. The van der Waals surface area contributed by atoms with E-state index in [1.54, 1.807) is 0 Å². The molecule has 0 amide bonds. The Morgan fingerprint density at radius 2 is 1.87 bits per heavy atom. The van der Waals surface area contributed by atoms with Crippen LogP contribution in [0.4, 0.5) is 0 Å². The number of hydrogen-bond donors (Lipinski definition) is 0. The number of aromatic nitrogens is 2. The van der Waals surface area contributed by atoms with Crippen LogP contribution in [0.3, 0.4) is 0 Å². The molecule has 0 atom stereocenters. The van der Waals surface area contributed by atoms with Gasteiger partial charge in [0.25, 0.3) is 0 Å². The highest BCUT2D eigenvalue weighted by atomic mass is 16.5. The van der Waals surface area contributed by atoms with E-state index >= 15 is 0 Å². The first kappa shape index (κ1) is 14.2. The van der Waals surface area contributed by atoms with Crippen LogP contribution in [0.1, 0.15) is 44.6 Å². The SMILES string of the molecule is CC.CCOCc1nn(C)c(C)c1CC. The van der Waals surface area contributed by atoms with Crippen molar-refractivity contribution in [3.05, 3.63) is 17.0 Å². The quantitative estimate of drug-likeness (QED) is 0.767. The molecule has 1 aromatic rings. The minimum absolute atomic E-state index is 0.640. The lowest BCUT2D eigenvalue weighted by molar-refractivity contribution is 0.130. The maximum atomic E-state index is 5.35. The Bertz CT molecular complexity index is 279. The Kier molecular flexibility index (Phi) is 7.05. The molecule has 0 N–H and O–H groups in total. The molecule has 0 aliphatic rings. The van der Waals surface area contributed by atoms with E-state index in [4.69, 9.17) is 4.74 Å². The minimum Gasteiger partial charge on any atom is -0.375 e. The third kappa shape index (κ3) is 3.67. The number of ether oxygens (including phenoxy) is 1. The zero-order valence-electron chi connectivity index (χ0n) is 10.9. The van der Waals surface area contributed by atoms with Crippen molar-refractivity contribution in [3.8, 4) is 0 Å². The number of rotatable bonds is 4. The second-order valence-corrected chi connectivity index (χ2v) is 3.12. The molecule has 0 saturated carbocycles. The van der Waals surface area contributed by atoms with Crippen molar-refractivity contribution in [1.82, 2.24) is 9.78 Å². The summed E-state index contributed by atoms with van der Waals surface area (Å²) < 4.78 is 7.28. The molecule has 0 spiro atoms. The van der Waals surface area contributed by atoms with Gasteiger partial charge in [0.15, 0.2) is 0 Å². The highest BCUT2D eigenvalue weighted by molar-refractivity contribution is 5.24. The molecule has 0 unspecified atom stereocenters. The summed E-state index contributed by atoms with van der Waals surface area (Å²) in [5.41, 5.74) is 3.66. The van der Waals surface area contributed by atoms with Gasteiger partial charge >= 0.3 is 0 Å². The van der Waals surface area contributed by atoms with Crippen LogP contribution in [0, 0.1) is 6.92 Å². The molecule has 0 aromatic carbocycles. The highest BCUT2D eigenvalue weighted by Crippen LogP contribution is 2.14. The van der Waals surface area contributed by atoms with Crippen molar-refractivity contribution < 1.29 is 4.74 Å². The van der Waals surface area contributed by atoms with Gasteiger partial charge in [-0.3, -0.25) is 4.68 Å². The summed E-state index contributed by atoms with van der Waals surface area (Å²) in [6.45, 7) is 11.6. The molecule has 88 valence electrons. The average Bonchev–Trinajstić information content (AvgIpc) is 2.54. The molecule has 1 aromatic heterocycles. The summed E-state index contributed by atoms with van der Waals surface area (Å²) in [7, 11) is 1.98. The third-order valence-electron chi connectivity index (χ3n) is 2.34. The summed E-state index contributed by atoms with van der Waals surface area (Å²) in [6, 6.07) is 0. The van der Waals surface area contributed by atoms with Crippen LogP contribution in [0.5, 0.6) is 0 Å². The lowest BCUT2D eigenvalue weighted by Gasteiger charge is -2.00. The molecule has 1 rings (SSSR count). The number of nitrogens with zero attached hydrogens (tertiary/aromatic N) is 2. The topological polar surface area (TPSA) is 27.1 Å². The summed E-state index contributed by atoms with van der Waals surface area (Å²) in [4.78, 5) is 0. The van der Waals surface area contributed by atoms with Gasteiger partial charge < -0.3 is 4.74 Å². The van der Waals surface area contributed by atoms with E-state index in [1.807, 2.05) is 32.5 Å². The fourth-order valence-electron chi connectivity index (χ4n) is 1.50. The summed E-state index contributed by atoms with van der Waals surface area (Å²) in [5, 5.41) is 4.41. The first-order chi connectivity index (χ1) is 7.20. The molecule has 0 bridgehead atoms. The zero-order chi connectivity index (χ0) is 11.8. The molecule has 0 aliphatic heterocycles. The average molecular weight is 212 g/mol. The number of hydrogen-bond acceptors (Lipinski definition) is 2. The summed E-state index contributed by atoms with van der Waals surface area (Å²) in [5.74, 6) is 0. The molecular weight excluding hydrogens is 188 g/mol. The van der Waals surface area contributed by atoms with E-state index in [1.165, 1.54) is 11.3 Å². The van der Waals surface area contributed by atoms with Crippen LogP contribution in [0.15, 0.2) is 0 Å². The summed E-state index contributed by atoms with van der Waals surface area (Å²) >= 11 is 0. The zero-order valence-corrected chi connectivity index (χ0v) is 10.9. The predicted octanol–water partition coefficient (Wildman–Crippen LogP) is 2.85. The molecule has 3 heteroatoms. The van der Waals surface area contributed by atoms with E-state index in [9.17, 15) is 0 Å². The van der Waals surface area contributed by atoms with Crippen molar-refractivity contribution in [2.45, 2.75) is 47.6 Å². The van der Waals surface area contributed by atoms with E-state index in [-0.39, 0.29) is 0 Å². The molecule has 0 aliphatic carbocycles. The molecule has 3 nitrogen and oxygen atoms in total. The van der Waals surface area contributed by atoms with Crippen molar-refractivity contribution in [3.63, 3.8) is 0 Å². The van der Waals surface area contributed by atoms with Crippen LogP contribution in [-0.2, 0) is 24.8 Å². The highest BCUT2D eigenvalue weighted by Gasteiger charge is 2.10. The van der Waals surface area contributed by atoms with Gasteiger partial charge in [0, 0.05) is 19.3 Å². The monoisotopic (exact) mass is 212 g/mol. The van der Waals surface area contributed by atoms with Gasteiger partial charge in [0.05, 0.1) is 12.3 Å². The van der Waals surface area contributed by atoms with E-state index in [0.717, 1.165) is 18.7 Å². The molecule has 0 fully saturated rings. The first-order valence-corrected chi connectivity index (χ1v) is 5.79.